The molecule has 0 radical (unpaired) electrons. The van der Waals surface area contributed by atoms with Crippen molar-refractivity contribution in [2.24, 2.45) is 0 Å². The maximum absolute atomic E-state index is 12.8. The standard InChI is InChI=1S/C25H25N5O6S/c1-28-10-12-29(13-11-28)20-7-6-17(24(32)35-2)15-19(20)26-25(37)27-23(31)22-9-8-21(36-22)16-4-3-5-18(14-16)30(33)34/h3-9,14-15H,10-13H2,1-2H3,(H2,26,27,31,37). The first-order valence-electron chi connectivity index (χ1n) is 11.4. The van der Waals surface area contributed by atoms with Crippen LogP contribution in [0, 0.1) is 10.1 Å². The lowest BCUT2D eigenvalue weighted by molar-refractivity contribution is -0.384. The summed E-state index contributed by atoms with van der Waals surface area (Å²) >= 11 is 5.37. The lowest BCUT2D eigenvalue weighted by Crippen LogP contribution is -2.45. The number of benzene rings is 2. The number of thiocarbonyl (C=S) groups is 1. The molecule has 1 aliphatic rings. The van der Waals surface area contributed by atoms with Gasteiger partial charge in [-0.15, -0.1) is 0 Å². The van der Waals surface area contributed by atoms with Crippen molar-refractivity contribution >= 4 is 46.3 Å². The molecule has 0 aliphatic carbocycles. The number of piperazine rings is 1. The average Bonchev–Trinajstić information content (AvgIpc) is 3.39. The van der Waals surface area contributed by atoms with Crippen LogP contribution in [0.5, 0.6) is 0 Å². The van der Waals surface area contributed by atoms with E-state index in [2.05, 4.69) is 27.5 Å². The summed E-state index contributed by atoms with van der Waals surface area (Å²) in [5.41, 5.74) is 2.10. The van der Waals surface area contributed by atoms with Gasteiger partial charge in [-0.3, -0.25) is 20.2 Å². The van der Waals surface area contributed by atoms with E-state index in [4.69, 9.17) is 21.4 Å². The van der Waals surface area contributed by atoms with Crippen molar-refractivity contribution in [1.29, 1.82) is 0 Å². The average molecular weight is 524 g/mol. The molecule has 2 aromatic carbocycles. The Bertz CT molecular complexity index is 1350. The maximum Gasteiger partial charge on any atom is 0.337 e. The third kappa shape index (κ3) is 6.11. The van der Waals surface area contributed by atoms with E-state index < -0.39 is 16.8 Å². The van der Waals surface area contributed by atoms with Crippen LogP contribution in [0.4, 0.5) is 17.1 Å². The smallest absolute Gasteiger partial charge is 0.337 e. The van der Waals surface area contributed by atoms with Crippen LogP contribution in [0.15, 0.2) is 59.0 Å². The number of hydrogen-bond donors (Lipinski definition) is 2. The summed E-state index contributed by atoms with van der Waals surface area (Å²) in [4.78, 5) is 39.8. The van der Waals surface area contributed by atoms with Gasteiger partial charge in [0.1, 0.15) is 5.76 Å². The molecule has 1 saturated heterocycles. The van der Waals surface area contributed by atoms with Crippen LogP contribution in [0.25, 0.3) is 11.3 Å². The Morgan fingerprint density at radius 1 is 1.08 bits per heavy atom. The third-order valence-electron chi connectivity index (χ3n) is 5.91. The van der Waals surface area contributed by atoms with Crippen molar-refractivity contribution in [2.45, 2.75) is 0 Å². The van der Waals surface area contributed by atoms with Gasteiger partial charge in [-0.1, -0.05) is 12.1 Å². The highest BCUT2D eigenvalue weighted by molar-refractivity contribution is 7.80. The first kappa shape index (κ1) is 25.8. The van der Waals surface area contributed by atoms with E-state index in [1.807, 2.05) is 6.07 Å². The Labute approximate surface area is 218 Å². The van der Waals surface area contributed by atoms with Gasteiger partial charge in [0.25, 0.3) is 11.6 Å². The molecular formula is C25H25N5O6S. The number of nitrogens with zero attached hydrogens (tertiary/aromatic N) is 3. The molecule has 0 unspecified atom stereocenters. The molecule has 4 rings (SSSR count). The van der Waals surface area contributed by atoms with Crippen LogP contribution < -0.4 is 15.5 Å². The van der Waals surface area contributed by atoms with Crippen LogP contribution in [-0.2, 0) is 4.74 Å². The molecule has 192 valence electrons. The molecule has 0 saturated carbocycles. The zero-order valence-corrected chi connectivity index (χ0v) is 21.0. The summed E-state index contributed by atoms with van der Waals surface area (Å²) in [7, 11) is 3.36. The van der Waals surface area contributed by atoms with Crippen LogP contribution in [-0.4, -0.2) is 67.1 Å². The Balaban J connectivity index is 1.49. The van der Waals surface area contributed by atoms with Gasteiger partial charge in [-0.05, 0) is 49.6 Å². The molecule has 1 amide bonds. The fourth-order valence-corrected chi connectivity index (χ4v) is 4.11. The van der Waals surface area contributed by atoms with Crippen LogP contribution in [0.2, 0.25) is 0 Å². The van der Waals surface area contributed by atoms with Crippen molar-refractivity contribution in [3.63, 3.8) is 0 Å². The maximum atomic E-state index is 12.8. The predicted octanol–water partition coefficient (Wildman–Crippen LogP) is 3.52. The van der Waals surface area contributed by atoms with Gasteiger partial charge < -0.3 is 24.3 Å². The third-order valence-corrected chi connectivity index (χ3v) is 6.11. The lowest BCUT2D eigenvalue weighted by Gasteiger charge is -2.35. The molecule has 1 aromatic heterocycles. The summed E-state index contributed by atoms with van der Waals surface area (Å²) in [6.45, 7) is 3.33. The molecule has 0 atom stereocenters. The van der Waals surface area contributed by atoms with Gasteiger partial charge in [-0.25, -0.2) is 4.79 Å². The summed E-state index contributed by atoms with van der Waals surface area (Å²) in [6.07, 6.45) is 0. The number of nitrogens with one attached hydrogen (secondary N) is 2. The number of amides is 1. The number of ether oxygens (including phenoxy) is 1. The minimum atomic E-state index is -0.598. The number of carbonyl (C=O) groups is 2. The quantitative estimate of drug-likeness (QED) is 0.214. The lowest BCUT2D eigenvalue weighted by atomic mass is 10.1. The van der Waals surface area contributed by atoms with Gasteiger partial charge in [0.2, 0.25) is 0 Å². The molecule has 1 aliphatic heterocycles. The highest BCUT2D eigenvalue weighted by Gasteiger charge is 2.21. The fraction of sp³-hybridized carbons (Fsp3) is 0.240. The molecule has 12 heteroatoms. The molecule has 0 spiro atoms. The Hall–Kier alpha value is -4.29. The van der Waals surface area contributed by atoms with Crippen LogP contribution in [0.1, 0.15) is 20.9 Å². The van der Waals surface area contributed by atoms with Crippen LogP contribution >= 0.6 is 12.2 Å². The number of methoxy groups -OCH3 is 1. The minimum Gasteiger partial charge on any atom is -0.465 e. The molecule has 37 heavy (non-hydrogen) atoms. The number of rotatable bonds is 6. The molecule has 2 heterocycles. The first-order valence-corrected chi connectivity index (χ1v) is 11.8. The first-order chi connectivity index (χ1) is 17.7. The second-order valence-electron chi connectivity index (χ2n) is 8.39. The van der Waals surface area contributed by atoms with Gasteiger partial charge in [0.05, 0.1) is 29.0 Å². The summed E-state index contributed by atoms with van der Waals surface area (Å²) in [6, 6.07) is 14.1. The Kier molecular flexibility index (Phi) is 7.80. The van der Waals surface area contributed by atoms with E-state index in [0.29, 0.717) is 22.6 Å². The van der Waals surface area contributed by atoms with E-state index in [1.165, 1.54) is 31.4 Å². The zero-order valence-electron chi connectivity index (χ0n) is 20.2. The van der Waals surface area contributed by atoms with E-state index in [0.717, 1.165) is 31.9 Å². The number of nitro benzene ring substituents is 1. The predicted molar refractivity (Wildman–Crippen MR) is 142 cm³/mol. The largest absolute Gasteiger partial charge is 0.465 e. The number of furan rings is 1. The van der Waals surface area contributed by atoms with Crippen molar-refractivity contribution < 1.29 is 23.7 Å². The Morgan fingerprint density at radius 2 is 1.84 bits per heavy atom. The monoisotopic (exact) mass is 523 g/mol. The number of hydrogen-bond acceptors (Lipinski definition) is 9. The number of non-ortho nitro benzene ring substituents is 1. The highest BCUT2D eigenvalue weighted by Crippen LogP contribution is 2.29. The van der Waals surface area contributed by atoms with E-state index in [-0.39, 0.29) is 16.6 Å². The molecule has 0 bridgehead atoms. The second kappa shape index (κ2) is 11.2. The SMILES string of the molecule is COC(=O)c1ccc(N2CCN(C)CC2)c(NC(=S)NC(=O)c2ccc(-c3cccc([N+](=O)[O-])c3)o2)c1. The van der Waals surface area contributed by atoms with Gasteiger partial charge in [-0.2, -0.15) is 0 Å². The number of nitro groups is 1. The summed E-state index contributed by atoms with van der Waals surface area (Å²) < 4.78 is 10.5. The van der Waals surface area contributed by atoms with Gasteiger partial charge in [0, 0.05) is 43.9 Å². The number of carbonyl (C=O) groups excluding carboxylic acids is 2. The van der Waals surface area contributed by atoms with Crippen molar-refractivity contribution in [3.8, 4) is 11.3 Å². The molecule has 3 aromatic rings. The number of anilines is 2. The minimum absolute atomic E-state index is 0.00990. The van der Waals surface area contributed by atoms with Crippen LogP contribution in [0.3, 0.4) is 0 Å². The molecule has 11 nitrogen and oxygen atoms in total. The van der Waals surface area contributed by atoms with Crippen molar-refractivity contribution in [1.82, 2.24) is 10.2 Å². The molecule has 2 N–H and O–H groups in total. The van der Waals surface area contributed by atoms with Crippen molar-refractivity contribution in [2.75, 3.05) is 50.6 Å². The normalized spacial score (nSPS) is 13.6. The Morgan fingerprint density at radius 3 is 2.54 bits per heavy atom. The topological polar surface area (TPSA) is 130 Å². The summed E-state index contributed by atoms with van der Waals surface area (Å²) in [5.74, 6) is -0.809. The van der Waals surface area contributed by atoms with E-state index in [1.54, 1.807) is 24.3 Å². The van der Waals surface area contributed by atoms with E-state index in [9.17, 15) is 19.7 Å². The van der Waals surface area contributed by atoms with Crippen molar-refractivity contribution in [3.05, 3.63) is 76.0 Å². The van der Waals surface area contributed by atoms with Gasteiger partial charge in [0.15, 0.2) is 10.9 Å². The second-order valence-corrected chi connectivity index (χ2v) is 8.80. The highest BCUT2D eigenvalue weighted by atomic mass is 32.1. The van der Waals surface area contributed by atoms with E-state index >= 15 is 0 Å². The van der Waals surface area contributed by atoms with Gasteiger partial charge >= 0.3 is 5.97 Å². The number of likely N-dealkylation sites (N-methyl/N-ethyl adjacent to an activating group) is 1. The molecular weight excluding hydrogens is 498 g/mol. The number of esters is 1. The summed E-state index contributed by atoms with van der Waals surface area (Å²) in [5, 5.41) is 16.6. The fourth-order valence-electron chi connectivity index (χ4n) is 3.91. The zero-order chi connectivity index (χ0) is 26.5. The molecule has 1 fully saturated rings.